The van der Waals surface area contributed by atoms with Gasteiger partial charge in [-0.25, -0.2) is 4.39 Å². The summed E-state index contributed by atoms with van der Waals surface area (Å²) in [7, 11) is 0. The van der Waals surface area contributed by atoms with E-state index in [1.165, 1.54) is 11.1 Å². The molecule has 1 fully saturated rings. The average molecular weight is 292 g/mol. The van der Waals surface area contributed by atoms with E-state index in [2.05, 4.69) is 4.90 Å². The molecule has 0 saturated carbocycles. The van der Waals surface area contributed by atoms with E-state index >= 15 is 0 Å². The molecular formula is C17H25FN2O. The lowest BCUT2D eigenvalue weighted by molar-refractivity contribution is -0.00236. The molecule has 2 aliphatic rings. The van der Waals surface area contributed by atoms with Crippen LogP contribution in [0.4, 0.5) is 4.39 Å². The molecule has 3 rings (SSSR count). The summed E-state index contributed by atoms with van der Waals surface area (Å²) in [6.07, 6.45) is 5.65. The molecule has 1 aromatic rings. The van der Waals surface area contributed by atoms with Gasteiger partial charge in [0.2, 0.25) is 0 Å². The third-order valence-electron chi connectivity index (χ3n) is 4.77. The van der Waals surface area contributed by atoms with Crippen molar-refractivity contribution in [3.8, 4) is 0 Å². The topological polar surface area (TPSA) is 38.5 Å². The first-order chi connectivity index (χ1) is 10.3. The molecule has 4 heteroatoms. The van der Waals surface area contributed by atoms with E-state index in [4.69, 9.17) is 10.5 Å². The second-order valence-corrected chi connectivity index (χ2v) is 6.15. The number of ether oxygens (including phenoxy) is 1. The van der Waals surface area contributed by atoms with E-state index in [9.17, 15) is 4.39 Å². The number of nitrogens with two attached hydrogens (primary N) is 1. The molecule has 1 aliphatic heterocycles. The molecule has 1 aromatic carbocycles. The summed E-state index contributed by atoms with van der Waals surface area (Å²) >= 11 is 0. The smallest absolute Gasteiger partial charge is 0.123 e. The Balaban J connectivity index is 1.54. The van der Waals surface area contributed by atoms with Crippen LogP contribution in [0.1, 0.15) is 42.9 Å². The van der Waals surface area contributed by atoms with E-state index in [1.54, 1.807) is 12.1 Å². The Morgan fingerprint density at radius 2 is 2.05 bits per heavy atom. The van der Waals surface area contributed by atoms with Crippen molar-refractivity contribution in [1.29, 1.82) is 0 Å². The zero-order valence-corrected chi connectivity index (χ0v) is 12.6. The standard InChI is InChI=1S/C17H25FN2O/c18-14-3-4-16-13(12-14)2-5-17(16)20-9-6-15(7-10-20)21-11-1-8-19/h3-4,12,15,17H,1-2,5-11,19H2. The Morgan fingerprint density at radius 3 is 2.81 bits per heavy atom. The zero-order chi connectivity index (χ0) is 14.7. The minimum absolute atomic E-state index is 0.110. The number of likely N-dealkylation sites (tertiary alicyclic amines) is 1. The van der Waals surface area contributed by atoms with Crippen LogP contribution in [0, 0.1) is 5.82 Å². The number of rotatable bonds is 5. The molecule has 0 amide bonds. The van der Waals surface area contributed by atoms with E-state index in [1.807, 2.05) is 6.07 Å². The van der Waals surface area contributed by atoms with Crippen LogP contribution in [-0.2, 0) is 11.2 Å². The molecule has 3 nitrogen and oxygen atoms in total. The first kappa shape index (κ1) is 14.9. The normalized spacial score (nSPS) is 23.4. The van der Waals surface area contributed by atoms with Gasteiger partial charge in [0.05, 0.1) is 6.10 Å². The van der Waals surface area contributed by atoms with Gasteiger partial charge in [-0.05, 0) is 61.9 Å². The molecule has 1 aliphatic carbocycles. The highest BCUT2D eigenvalue weighted by Crippen LogP contribution is 2.37. The Kier molecular flexibility index (Phi) is 4.88. The number of benzene rings is 1. The second-order valence-electron chi connectivity index (χ2n) is 6.15. The van der Waals surface area contributed by atoms with Gasteiger partial charge >= 0.3 is 0 Å². The summed E-state index contributed by atoms with van der Waals surface area (Å²) in [5, 5.41) is 0. The van der Waals surface area contributed by atoms with Crippen LogP contribution in [0.2, 0.25) is 0 Å². The summed E-state index contributed by atoms with van der Waals surface area (Å²) in [5.74, 6) is -0.110. The van der Waals surface area contributed by atoms with Gasteiger partial charge in [-0.3, -0.25) is 4.90 Å². The van der Waals surface area contributed by atoms with E-state index < -0.39 is 0 Å². The number of hydrogen-bond donors (Lipinski definition) is 1. The number of fused-ring (bicyclic) bond motifs is 1. The molecule has 1 atom stereocenters. The van der Waals surface area contributed by atoms with Crippen LogP contribution in [0.5, 0.6) is 0 Å². The lowest BCUT2D eigenvalue weighted by Crippen LogP contribution is -2.39. The highest BCUT2D eigenvalue weighted by atomic mass is 19.1. The molecule has 0 radical (unpaired) electrons. The van der Waals surface area contributed by atoms with E-state index in [0.717, 1.165) is 51.8 Å². The van der Waals surface area contributed by atoms with Gasteiger partial charge in [0, 0.05) is 25.7 Å². The summed E-state index contributed by atoms with van der Waals surface area (Å²) < 4.78 is 19.2. The summed E-state index contributed by atoms with van der Waals surface area (Å²) in [6.45, 7) is 3.64. The van der Waals surface area contributed by atoms with Crippen LogP contribution in [0.3, 0.4) is 0 Å². The molecule has 2 N–H and O–H groups in total. The average Bonchev–Trinajstić information content (AvgIpc) is 2.91. The van der Waals surface area contributed by atoms with Gasteiger partial charge in [0.1, 0.15) is 5.82 Å². The van der Waals surface area contributed by atoms with Crippen LogP contribution >= 0.6 is 0 Å². The lowest BCUT2D eigenvalue weighted by Gasteiger charge is -2.36. The predicted octanol–water partition coefficient (Wildman–Crippen LogP) is 2.64. The van der Waals surface area contributed by atoms with Crippen molar-refractivity contribution in [1.82, 2.24) is 4.90 Å². The largest absolute Gasteiger partial charge is 0.378 e. The fourth-order valence-corrected chi connectivity index (χ4v) is 3.63. The van der Waals surface area contributed by atoms with Crippen LogP contribution in [0.25, 0.3) is 0 Å². The first-order valence-electron chi connectivity index (χ1n) is 8.12. The maximum absolute atomic E-state index is 13.3. The Bertz CT molecular complexity index is 472. The molecule has 1 heterocycles. The highest BCUT2D eigenvalue weighted by Gasteiger charge is 2.31. The van der Waals surface area contributed by atoms with Crippen molar-refractivity contribution < 1.29 is 9.13 Å². The van der Waals surface area contributed by atoms with E-state index in [-0.39, 0.29) is 5.82 Å². The third-order valence-corrected chi connectivity index (χ3v) is 4.77. The van der Waals surface area contributed by atoms with Crippen molar-refractivity contribution in [2.45, 2.75) is 44.2 Å². The fraction of sp³-hybridized carbons (Fsp3) is 0.647. The number of hydrogen-bond acceptors (Lipinski definition) is 3. The summed E-state index contributed by atoms with van der Waals surface area (Å²) in [5.41, 5.74) is 8.02. The molecule has 0 bridgehead atoms. The number of aryl methyl sites for hydroxylation is 1. The quantitative estimate of drug-likeness (QED) is 0.848. The van der Waals surface area contributed by atoms with Crippen molar-refractivity contribution in [3.05, 3.63) is 35.1 Å². The Labute approximate surface area is 126 Å². The molecular weight excluding hydrogens is 267 g/mol. The molecule has 1 saturated heterocycles. The molecule has 1 unspecified atom stereocenters. The molecule has 116 valence electrons. The number of nitrogens with zero attached hydrogens (tertiary/aromatic N) is 1. The highest BCUT2D eigenvalue weighted by molar-refractivity contribution is 5.35. The fourth-order valence-electron chi connectivity index (χ4n) is 3.63. The molecule has 0 aromatic heterocycles. The minimum Gasteiger partial charge on any atom is -0.378 e. The van der Waals surface area contributed by atoms with Gasteiger partial charge < -0.3 is 10.5 Å². The maximum atomic E-state index is 13.3. The van der Waals surface area contributed by atoms with Gasteiger partial charge in [0.15, 0.2) is 0 Å². The second kappa shape index (κ2) is 6.86. The van der Waals surface area contributed by atoms with Crippen molar-refractivity contribution in [2.24, 2.45) is 5.73 Å². The lowest BCUT2D eigenvalue weighted by atomic mass is 10.0. The Morgan fingerprint density at radius 1 is 1.24 bits per heavy atom. The third kappa shape index (κ3) is 3.44. The van der Waals surface area contributed by atoms with E-state index in [0.29, 0.717) is 18.7 Å². The van der Waals surface area contributed by atoms with Crippen molar-refractivity contribution in [3.63, 3.8) is 0 Å². The SMILES string of the molecule is NCCCOC1CCN(C2CCc3cc(F)ccc32)CC1. The number of halogens is 1. The van der Waals surface area contributed by atoms with Crippen LogP contribution < -0.4 is 5.73 Å². The molecule has 21 heavy (non-hydrogen) atoms. The summed E-state index contributed by atoms with van der Waals surface area (Å²) in [6, 6.07) is 5.76. The van der Waals surface area contributed by atoms with Gasteiger partial charge in [-0.2, -0.15) is 0 Å². The van der Waals surface area contributed by atoms with Gasteiger partial charge in [-0.1, -0.05) is 6.07 Å². The summed E-state index contributed by atoms with van der Waals surface area (Å²) in [4.78, 5) is 2.55. The van der Waals surface area contributed by atoms with Gasteiger partial charge in [0.25, 0.3) is 0 Å². The zero-order valence-electron chi connectivity index (χ0n) is 12.6. The van der Waals surface area contributed by atoms with Crippen molar-refractivity contribution in [2.75, 3.05) is 26.2 Å². The first-order valence-corrected chi connectivity index (χ1v) is 8.12. The predicted molar refractivity (Wildman–Crippen MR) is 81.7 cm³/mol. The van der Waals surface area contributed by atoms with Crippen molar-refractivity contribution >= 4 is 0 Å². The minimum atomic E-state index is -0.110. The number of piperidine rings is 1. The monoisotopic (exact) mass is 292 g/mol. The van der Waals surface area contributed by atoms with Gasteiger partial charge in [-0.15, -0.1) is 0 Å². The van der Waals surface area contributed by atoms with Crippen LogP contribution in [0.15, 0.2) is 18.2 Å². The molecule has 0 spiro atoms. The maximum Gasteiger partial charge on any atom is 0.123 e. The van der Waals surface area contributed by atoms with Crippen LogP contribution in [-0.4, -0.2) is 37.2 Å². The Hall–Kier alpha value is -0.970.